The summed E-state index contributed by atoms with van der Waals surface area (Å²) in [5.41, 5.74) is 1.14. The SMILES string of the molecule is CC(O)CCNc1ccccc1I. The maximum Gasteiger partial charge on any atom is 0.0528 e. The first-order valence-electron chi connectivity index (χ1n) is 4.36. The van der Waals surface area contributed by atoms with Gasteiger partial charge in [0.2, 0.25) is 0 Å². The fourth-order valence-corrected chi connectivity index (χ4v) is 1.60. The van der Waals surface area contributed by atoms with Crippen molar-refractivity contribution in [3.05, 3.63) is 27.8 Å². The molecule has 0 aliphatic heterocycles. The zero-order chi connectivity index (χ0) is 9.68. The summed E-state index contributed by atoms with van der Waals surface area (Å²) in [6.45, 7) is 2.62. The molecule has 1 rings (SSSR count). The van der Waals surface area contributed by atoms with Crippen molar-refractivity contribution in [2.45, 2.75) is 19.4 Å². The average Bonchev–Trinajstić information content (AvgIpc) is 2.08. The maximum atomic E-state index is 9.06. The Balaban J connectivity index is 2.41. The summed E-state index contributed by atoms with van der Waals surface area (Å²) in [7, 11) is 0. The van der Waals surface area contributed by atoms with Crippen molar-refractivity contribution >= 4 is 28.3 Å². The Morgan fingerprint density at radius 2 is 2.15 bits per heavy atom. The molecule has 0 saturated heterocycles. The number of anilines is 1. The summed E-state index contributed by atoms with van der Waals surface area (Å²) < 4.78 is 1.21. The van der Waals surface area contributed by atoms with Gasteiger partial charge in [-0.05, 0) is 48.1 Å². The second-order valence-corrected chi connectivity index (χ2v) is 4.21. The molecule has 1 unspecified atom stereocenters. The minimum Gasteiger partial charge on any atom is -0.393 e. The molecule has 3 heteroatoms. The van der Waals surface area contributed by atoms with Crippen molar-refractivity contribution in [3.63, 3.8) is 0 Å². The van der Waals surface area contributed by atoms with Gasteiger partial charge in [0, 0.05) is 15.8 Å². The Morgan fingerprint density at radius 1 is 1.46 bits per heavy atom. The van der Waals surface area contributed by atoms with Crippen LogP contribution in [0, 0.1) is 3.57 Å². The van der Waals surface area contributed by atoms with Crippen LogP contribution in [0.15, 0.2) is 24.3 Å². The first kappa shape index (κ1) is 10.8. The number of nitrogens with one attached hydrogen (secondary N) is 1. The van der Waals surface area contributed by atoms with E-state index in [1.165, 1.54) is 3.57 Å². The van der Waals surface area contributed by atoms with Gasteiger partial charge in [0.1, 0.15) is 0 Å². The summed E-state index contributed by atoms with van der Waals surface area (Å²) >= 11 is 2.29. The quantitative estimate of drug-likeness (QED) is 0.835. The molecule has 72 valence electrons. The lowest BCUT2D eigenvalue weighted by Gasteiger charge is -2.09. The third kappa shape index (κ3) is 3.95. The molecule has 1 atom stereocenters. The van der Waals surface area contributed by atoms with Gasteiger partial charge in [-0.1, -0.05) is 12.1 Å². The molecule has 0 radical (unpaired) electrons. The first-order valence-corrected chi connectivity index (χ1v) is 5.44. The van der Waals surface area contributed by atoms with Crippen LogP contribution in [0.3, 0.4) is 0 Å². The summed E-state index contributed by atoms with van der Waals surface area (Å²) in [4.78, 5) is 0. The summed E-state index contributed by atoms with van der Waals surface area (Å²) in [6, 6.07) is 8.13. The lowest BCUT2D eigenvalue weighted by molar-refractivity contribution is 0.189. The van der Waals surface area contributed by atoms with Crippen LogP contribution in [-0.2, 0) is 0 Å². The Morgan fingerprint density at radius 3 is 2.77 bits per heavy atom. The largest absolute Gasteiger partial charge is 0.393 e. The summed E-state index contributed by atoms with van der Waals surface area (Å²) in [5, 5.41) is 12.3. The molecule has 2 N–H and O–H groups in total. The van der Waals surface area contributed by atoms with E-state index in [1.807, 2.05) is 18.2 Å². The van der Waals surface area contributed by atoms with E-state index in [9.17, 15) is 0 Å². The highest BCUT2D eigenvalue weighted by Gasteiger charge is 1.98. The second kappa shape index (κ2) is 5.44. The van der Waals surface area contributed by atoms with Crippen molar-refractivity contribution in [1.82, 2.24) is 0 Å². The molecule has 0 aliphatic rings. The van der Waals surface area contributed by atoms with E-state index >= 15 is 0 Å². The molecule has 1 aromatic rings. The van der Waals surface area contributed by atoms with E-state index < -0.39 is 0 Å². The van der Waals surface area contributed by atoms with Crippen LogP contribution in [0.1, 0.15) is 13.3 Å². The Labute approximate surface area is 92.5 Å². The van der Waals surface area contributed by atoms with Crippen LogP contribution in [0.5, 0.6) is 0 Å². The number of aliphatic hydroxyl groups is 1. The number of halogens is 1. The number of benzene rings is 1. The molecule has 1 aromatic carbocycles. The van der Waals surface area contributed by atoms with Gasteiger partial charge in [0.25, 0.3) is 0 Å². The number of hydrogen-bond donors (Lipinski definition) is 2. The zero-order valence-electron chi connectivity index (χ0n) is 7.63. The molecule has 2 nitrogen and oxygen atoms in total. The zero-order valence-corrected chi connectivity index (χ0v) is 9.78. The Kier molecular flexibility index (Phi) is 4.52. The first-order chi connectivity index (χ1) is 6.20. The molecule has 0 heterocycles. The fraction of sp³-hybridized carbons (Fsp3) is 0.400. The van der Waals surface area contributed by atoms with Crippen molar-refractivity contribution in [2.24, 2.45) is 0 Å². The number of para-hydroxylation sites is 1. The molecule has 0 saturated carbocycles. The van der Waals surface area contributed by atoms with Crippen LogP contribution in [-0.4, -0.2) is 17.8 Å². The highest BCUT2D eigenvalue weighted by atomic mass is 127. The molecule has 0 spiro atoms. The smallest absolute Gasteiger partial charge is 0.0528 e. The molecular formula is C10H14INO. The van der Waals surface area contributed by atoms with E-state index in [4.69, 9.17) is 5.11 Å². The van der Waals surface area contributed by atoms with E-state index in [0.29, 0.717) is 0 Å². The highest BCUT2D eigenvalue weighted by Crippen LogP contribution is 2.16. The predicted octanol–water partition coefficient (Wildman–Crippen LogP) is 2.47. The van der Waals surface area contributed by atoms with Crippen LogP contribution in [0.25, 0.3) is 0 Å². The lowest BCUT2D eigenvalue weighted by Crippen LogP contribution is -2.10. The van der Waals surface area contributed by atoms with Crippen LogP contribution >= 0.6 is 22.6 Å². The van der Waals surface area contributed by atoms with Gasteiger partial charge < -0.3 is 10.4 Å². The van der Waals surface area contributed by atoms with E-state index in [1.54, 1.807) is 6.92 Å². The Hall–Kier alpha value is -0.290. The number of hydrogen-bond acceptors (Lipinski definition) is 2. The molecule has 0 bridgehead atoms. The third-order valence-electron chi connectivity index (χ3n) is 1.75. The van der Waals surface area contributed by atoms with Gasteiger partial charge in [0.15, 0.2) is 0 Å². The monoisotopic (exact) mass is 291 g/mol. The van der Waals surface area contributed by atoms with Gasteiger partial charge in [-0.15, -0.1) is 0 Å². The molecule has 0 amide bonds. The minimum atomic E-state index is -0.228. The van der Waals surface area contributed by atoms with E-state index in [0.717, 1.165) is 18.7 Å². The van der Waals surface area contributed by atoms with Crippen molar-refractivity contribution in [3.8, 4) is 0 Å². The number of aliphatic hydroxyl groups excluding tert-OH is 1. The molecule has 0 aromatic heterocycles. The lowest BCUT2D eigenvalue weighted by atomic mass is 10.2. The van der Waals surface area contributed by atoms with Crippen molar-refractivity contribution in [1.29, 1.82) is 0 Å². The van der Waals surface area contributed by atoms with Crippen LogP contribution in [0.4, 0.5) is 5.69 Å². The van der Waals surface area contributed by atoms with Crippen LogP contribution < -0.4 is 5.32 Å². The van der Waals surface area contributed by atoms with Crippen molar-refractivity contribution < 1.29 is 5.11 Å². The van der Waals surface area contributed by atoms with Crippen molar-refractivity contribution in [2.75, 3.05) is 11.9 Å². The minimum absolute atomic E-state index is 0.228. The predicted molar refractivity (Wildman–Crippen MR) is 63.9 cm³/mol. The van der Waals surface area contributed by atoms with E-state index in [2.05, 4.69) is 34.0 Å². The maximum absolute atomic E-state index is 9.06. The average molecular weight is 291 g/mol. The second-order valence-electron chi connectivity index (χ2n) is 3.04. The van der Waals surface area contributed by atoms with Gasteiger partial charge in [0.05, 0.1) is 6.10 Å². The standard InChI is InChI=1S/C10H14INO/c1-8(13)6-7-12-10-5-3-2-4-9(10)11/h2-5,8,12-13H,6-7H2,1H3. The Bertz CT molecular complexity index is 263. The highest BCUT2D eigenvalue weighted by molar-refractivity contribution is 14.1. The summed E-state index contributed by atoms with van der Waals surface area (Å²) in [5.74, 6) is 0. The normalized spacial score (nSPS) is 12.5. The van der Waals surface area contributed by atoms with Gasteiger partial charge >= 0.3 is 0 Å². The molecule has 13 heavy (non-hydrogen) atoms. The fourth-order valence-electron chi connectivity index (χ4n) is 1.02. The van der Waals surface area contributed by atoms with Gasteiger partial charge in [-0.25, -0.2) is 0 Å². The molecular weight excluding hydrogens is 277 g/mol. The third-order valence-corrected chi connectivity index (χ3v) is 2.69. The van der Waals surface area contributed by atoms with Gasteiger partial charge in [-0.2, -0.15) is 0 Å². The summed E-state index contributed by atoms with van der Waals surface area (Å²) in [6.07, 6.45) is 0.555. The number of rotatable bonds is 4. The molecule has 0 aliphatic carbocycles. The van der Waals surface area contributed by atoms with E-state index in [-0.39, 0.29) is 6.10 Å². The van der Waals surface area contributed by atoms with Crippen LogP contribution in [0.2, 0.25) is 0 Å². The molecule has 0 fully saturated rings. The topological polar surface area (TPSA) is 32.3 Å². The van der Waals surface area contributed by atoms with Gasteiger partial charge in [-0.3, -0.25) is 0 Å².